The van der Waals surface area contributed by atoms with Crippen LogP contribution in [0.5, 0.6) is 0 Å². The van der Waals surface area contributed by atoms with E-state index in [1.54, 1.807) is 28.8 Å². The fourth-order valence-corrected chi connectivity index (χ4v) is 4.04. The number of nitrogens with one attached hydrogen (secondary N) is 1. The minimum absolute atomic E-state index is 0.0322. The first-order valence-electron chi connectivity index (χ1n) is 10.6. The monoisotopic (exact) mass is 464 g/mol. The Morgan fingerprint density at radius 3 is 2.29 bits per heavy atom. The average Bonchev–Trinajstić information content (AvgIpc) is 2.76. The van der Waals surface area contributed by atoms with Gasteiger partial charge >= 0.3 is 0 Å². The minimum atomic E-state index is -0.577. The maximum atomic E-state index is 13.3. The predicted molar refractivity (Wildman–Crippen MR) is 126 cm³/mol. The van der Waals surface area contributed by atoms with Gasteiger partial charge in [0.2, 0.25) is 11.8 Å². The lowest BCUT2D eigenvalue weighted by Gasteiger charge is -2.31. The van der Waals surface area contributed by atoms with Gasteiger partial charge in [-0.05, 0) is 61.7 Å². The second-order valence-corrected chi connectivity index (χ2v) is 9.05. The van der Waals surface area contributed by atoms with Gasteiger partial charge in [-0.3, -0.25) is 9.59 Å². The number of hydrogen-bond acceptors (Lipinski definition) is 3. The van der Waals surface area contributed by atoms with Crippen LogP contribution in [0.3, 0.4) is 0 Å². The fourth-order valence-electron chi connectivity index (χ4n) is 3.08. The van der Waals surface area contributed by atoms with Gasteiger partial charge in [-0.15, -0.1) is 11.8 Å². The lowest BCUT2D eigenvalue weighted by molar-refractivity contribution is -0.141. The molecule has 2 aromatic rings. The third-order valence-corrected chi connectivity index (χ3v) is 6.32. The lowest BCUT2D eigenvalue weighted by atomic mass is 10.1. The molecule has 7 heteroatoms. The zero-order valence-corrected chi connectivity index (χ0v) is 19.8. The standard InChI is InChI=1S/C24H30ClFN2O2S/c1-4-17(3)27-24(30)22(5-2)28(16-18-6-10-20(26)11-7-18)23(29)14-15-31-21-12-8-19(25)9-13-21/h6-13,17,22H,4-5,14-16H2,1-3H3,(H,27,30)/t17-,22-/m1/s1. The Labute approximate surface area is 193 Å². The first-order valence-corrected chi connectivity index (χ1v) is 11.9. The molecule has 0 heterocycles. The number of thioether (sulfide) groups is 1. The molecule has 0 aromatic heterocycles. The SMILES string of the molecule is CC[C@@H](C)NC(=O)[C@@H](CC)N(Cc1ccc(F)cc1)C(=O)CCSc1ccc(Cl)cc1. The number of halogens is 2. The predicted octanol–water partition coefficient (Wildman–Crippen LogP) is 5.68. The zero-order valence-electron chi connectivity index (χ0n) is 18.2. The van der Waals surface area contributed by atoms with Crippen molar-refractivity contribution in [3.63, 3.8) is 0 Å². The number of rotatable bonds is 11. The van der Waals surface area contributed by atoms with Gasteiger partial charge in [0, 0.05) is 34.7 Å². The molecule has 2 aromatic carbocycles. The molecule has 2 amide bonds. The van der Waals surface area contributed by atoms with Crippen LogP contribution in [-0.2, 0) is 16.1 Å². The number of carbonyl (C=O) groups excluding carboxylic acids is 2. The molecule has 0 saturated carbocycles. The number of carbonyl (C=O) groups is 2. The molecule has 0 spiro atoms. The third kappa shape index (κ3) is 8.19. The molecule has 168 valence electrons. The van der Waals surface area contributed by atoms with E-state index in [-0.39, 0.29) is 30.2 Å². The molecule has 0 aliphatic heterocycles. The van der Waals surface area contributed by atoms with Crippen LogP contribution in [0.4, 0.5) is 4.39 Å². The van der Waals surface area contributed by atoms with Crippen molar-refractivity contribution < 1.29 is 14.0 Å². The highest BCUT2D eigenvalue weighted by Crippen LogP contribution is 2.22. The van der Waals surface area contributed by atoms with Gasteiger partial charge in [0.25, 0.3) is 0 Å². The van der Waals surface area contributed by atoms with Crippen molar-refractivity contribution >= 4 is 35.2 Å². The first-order chi connectivity index (χ1) is 14.8. The van der Waals surface area contributed by atoms with E-state index in [2.05, 4.69) is 5.32 Å². The summed E-state index contributed by atoms with van der Waals surface area (Å²) in [6.45, 7) is 6.10. The van der Waals surface area contributed by atoms with E-state index in [1.807, 2.05) is 45.0 Å². The van der Waals surface area contributed by atoms with Crippen LogP contribution in [0, 0.1) is 5.82 Å². The quantitative estimate of drug-likeness (QED) is 0.435. The lowest BCUT2D eigenvalue weighted by Crippen LogP contribution is -2.50. The molecule has 0 saturated heterocycles. The summed E-state index contributed by atoms with van der Waals surface area (Å²) in [4.78, 5) is 28.7. The number of benzene rings is 2. The second kappa shape index (κ2) is 12.7. The number of hydrogen-bond donors (Lipinski definition) is 1. The van der Waals surface area contributed by atoms with Crippen LogP contribution in [-0.4, -0.2) is 34.6 Å². The van der Waals surface area contributed by atoms with E-state index in [1.165, 1.54) is 12.1 Å². The van der Waals surface area contributed by atoms with Crippen molar-refractivity contribution in [2.45, 2.75) is 63.6 Å². The van der Waals surface area contributed by atoms with Crippen LogP contribution in [0.15, 0.2) is 53.4 Å². The van der Waals surface area contributed by atoms with Crippen molar-refractivity contribution in [3.05, 3.63) is 64.9 Å². The van der Waals surface area contributed by atoms with Crippen LogP contribution in [0.1, 0.15) is 45.6 Å². The summed E-state index contributed by atoms with van der Waals surface area (Å²) >= 11 is 7.49. The average molecular weight is 465 g/mol. The van der Waals surface area contributed by atoms with Gasteiger partial charge < -0.3 is 10.2 Å². The normalized spacial score (nSPS) is 12.8. The highest BCUT2D eigenvalue weighted by Gasteiger charge is 2.29. The Morgan fingerprint density at radius 1 is 1.06 bits per heavy atom. The van der Waals surface area contributed by atoms with E-state index in [4.69, 9.17) is 11.6 Å². The summed E-state index contributed by atoms with van der Waals surface area (Å²) in [5.74, 6) is 0.00113. The Bertz CT molecular complexity index is 846. The topological polar surface area (TPSA) is 49.4 Å². The molecule has 4 nitrogen and oxygen atoms in total. The zero-order chi connectivity index (χ0) is 22.8. The Kier molecular flexibility index (Phi) is 10.3. The van der Waals surface area contributed by atoms with Gasteiger partial charge in [-0.2, -0.15) is 0 Å². The fraction of sp³-hybridized carbons (Fsp3) is 0.417. The molecule has 0 aliphatic rings. The Morgan fingerprint density at radius 2 is 1.71 bits per heavy atom. The summed E-state index contributed by atoms with van der Waals surface area (Å²) in [6.07, 6.45) is 1.60. The number of nitrogens with zero attached hydrogens (tertiary/aromatic N) is 1. The van der Waals surface area contributed by atoms with Crippen LogP contribution in [0.25, 0.3) is 0 Å². The first kappa shape index (κ1) is 25.2. The molecule has 0 unspecified atom stereocenters. The molecular weight excluding hydrogens is 435 g/mol. The van der Waals surface area contributed by atoms with Crippen molar-refractivity contribution in [3.8, 4) is 0 Å². The van der Waals surface area contributed by atoms with Crippen molar-refractivity contribution in [1.82, 2.24) is 10.2 Å². The molecular formula is C24H30ClFN2O2S. The van der Waals surface area contributed by atoms with Gasteiger partial charge in [0.05, 0.1) is 0 Å². The van der Waals surface area contributed by atoms with E-state index in [0.29, 0.717) is 23.6 Å². The van der Waals surface area contributed by atoms with Crippen molar-refractivity contribution in [2.75, 3.05) is 5.75 Å². The van der Waals surface area contributed by atoms with Gasteiger partial charge in [0.15, 0.2) is 0 Å². The summed E-state index contributed by atoms with van der Waals surface area (Å²) in [6, 6.07) is 13.0. The molecule has 2 rings (SSSR count). The van der Waals surface area contributed by atoms with Crippen molar-refractivity contribution in [1.29, 1.82) is 0 Å². The summed E-state index contributed by atoms with van der Waals surface area (Å²) in [7, 11) is 0. The number of amides is 2. The summed E-state index contributed by atoms with van der Waals surface area (Å²) in [5, 5.41) is 3.66. The molecule has 0 fully saturated rings. The van der Waals surface area contributed by atoms with Crippen LogP contribution < -0.4 is 5.32 Å². The van der Waals surface area contributed by atoms with Gasteiger partial charge in [-0.1, -0.05) is 37.6 Å². The second-order valence-electron chi connectivity index (χ2n) is 7.44. The van der Waals surface area contributed by atoms with Gasteiger partial charge in [-0.25, -0.2) is 4.39 Å². The molecule has 31 heavy (non-hydrogen) atoms. The van der Waals surface area contributed by atoms with Crippen LogP contribution >= 0.6 is 23.4 Å². The summed E-state index contributed by atoms with van der Waals surface area (Å²) in [5.41, 5.74) is 0.787. The largest absolute Gasteiger partial charge is 0.352 e. The van der Waals surface area contributed by atoms with Gasteiger partial charge in [0.1, 0.15) is 11.9 Å². The molecule has 0 radical (unpaired) electrons. The maximum absolute atomic E-state index is 13.3. The smallest absolute Gasteiger partial charge is 0.243 e. The van der Waals surface area contributed by atoms with Crippen molar-refractivity contribution in [2.24, 2.45) is 0 Å². The molecule has 1 N–H and O–H groups in total. The Balaban J connectivity index is 2.12. The maximum Gasteiger partial charge on any atom is 0.243 e. The van der Waals surface area contributed by atoms with E-state index in [0.717, 1.165) is 16.9 Å². The molecule has 0 aliphatic carbocycles. The highest BCUT2D eigenvalue weighted by molar-refractivity contribution is 7.99. The Hall–Kier alpha value is -2.05. The molecule has 0 bridgehead atoms. The van der Waals surface area contributed by atoms with E-state index in [9.17, 15) is 14.0 Å². The molecule has 2 atom stereocenters. The van der Waals surface area contributed by atoms with E-state index >= 15 is 0 Å². The van der Waals surface area contributed by atoms with Crippen LogP contribution in [0.2, 0.25) is 5.02 Å². The highest BCUT2D eigenvalue weighted by atomic mass is 35.5. The minimum Gasteiger partial charge on any atom is -0.352 e. The van der Waals surface area contributed by atoms with E-state index < -0.39 is 6.04 Å². The third-order valence-electron chi connectivity index (χ3n) is 5.05. The summed E-state index contributed by atoms with van der Waals surface area (Å²) < 4.78 is 13.3.